The Morgan fingerprint density at radius 3 is 2.76 bits per heavy atom. The number of aromatic nitrogens is 1. The summed E-state index contributed by atoms with van der Waals surface area (Å²) < 4.78 is 6.32. The number of pyridine rings is 1. The van der Waals surface area contributed by atoms with Gasteiger partial charge in [0.05, 0.1) is 16.8 Å². The van der Waals surface area contributed by atoms with Crippen molar-refractivity contribution in [2.75, 3.05) is 5.32 Å². The minimum atomic E-state index is -0.121. The number of nitriles is 1. The maximum absolute atomic E-state index is 10.3. The molecule has 2 saturated heterocycles. The van der Waals surface area contributed by atoms with Gasteiger partial charge in [-0.3, -0.25) is 4.90 Å². The highest BCUT2D eigenvalue weighted by atomic mass is 79.9. The average molecular weight is 459 g/mol. The predicted octanol–water partition coefficient (Wildman–Crippen LogP) is 4.42. The highest BCUT2D eigenvalue weighted by molar-refractivity contribution is 9.10. The molecule has 0 radical (unpaired) electrons. The van der Waals surface area contributed by atoms with Gasteiger partial charge >= 0.3 is 0 Å². The van der Waals surface area contributed by atoms with E-state index >= 15 is 0 Å². The quantitative estimate of drug-likeness (QED) is 0.707. The third-order valence-electron chi connectivity index (χ3n) is 7.41. The van der Waals surface area contributed by atoms with Crippen LogP contribution in [0.25, 0.3) is 11.0 Å². The summed E-state index contributed by atoms with van der Waals surface area (Å²) in [5.41, 5.74) is 0.625. The first-order valence-corrected chi connectivity index (χ1v) is 11.5. The second-order valence-corrected chi connectivity index (χ2v) is 9.77. The maximum atomic E-state index is 10.3. The molecule has 2 N–H and O–H groups in total. The van der Waals surface area contributed by atoms with Gasteiger partial charge in [0.2, 0.25) is 5.76 Å². The lowest BCUT2D eigenvalue weighted by atomic mass is 9.83. The molecule has 0 spiro atoms. The topological polar surface area (TPSA) is 85.3 Å². The molecule has 6 nitrogen and oxygen atoms in total. The zero-order valence-electron chi connectivity index (χ0n) is 16.6. The highest BCUT2D eigenvalue weighted by Crippen LogP contribution is 2.43. The Bertz CT molecular complexity index is 946. The molecule has 4 heterocycles. The van der Waals surface area contributed by atoms with Crippen LogP contribution in [-0.2, 0) is 0 Å². The lowest BCUT2D eigenvalue weighted by Gasteiger charge is -2.47. The SMILES string of the molecule is CC1C(O)C[C@@H]2CC[C@H]1N2C1CCC(Nc2ncc3oc(C#N)cc3c2Br)CC1. The van der Waals surface area contributed by atoms with E-state index in [0.29, 0.717) is 41.4 Å². The molecule has 0 amide bonds. The average Bonchev–Trinajstić information content (AvgIpc) is 3.31. The van der Waals surface area contributed by atoms with Crippen molar-refractivity contribution in [2.45, 2.75) is 82.1 Å². The first-order valence-electron chi connectivity index (χ1n) is 10.8. The number of hydrogen-bond donors (Lipinski definition) is 2. The number of piperidine rings is 1. The summed E-state index contributed by atoms with van der Waals surface area (Å²) in [6, 6.07) is 5.99. The van der Waals surface area contributed by atoms with E-state index in [2.05, 4.69) is 38.1 Å². The number of nitrogens with zero attached hydrogens (tertiary/aromatic N) is 3. The van der Waals surface area contributed by atoms with Crippen LogP contribution in [-0.4, -0.2) is 45.3 Å². The number of aliphatic hydroxyl groups is 1. The van der Waals surface area contributed by atoms with E-state index in [1.54, 1.807) is 12.3 Å². The van der Waals surface area contributed by atoms with E-state index in [0.717, 1.165) is 34.9 Å². The summed E-state index contributed by atoms with van der Waals surface area (Å²) in [5, 5.41) is 23.9. The molecule has 154 valence electrons. The van der Waals surface area contributed by atoms with Gasteiger partial charge in [0.15, 0.2) is 5.58 Å². The fraction of sp³-hybridized carbons (Fsp3) is 0.636. The van der Waals surface area contributed by atoms with Crippen molar-refractivity contribution in [3.63, 3.8) is 0 Å². The number of halogens is 1. The Morgan fingerprint density at radius 2 is 2.00 bits per heavy atom. The Labute approximate surface area is 179 Å². The minimum Gasteiger partial charge on any atom is -0.444 e. The second-order valence-electron chi connectivity index (χ2n) is 8.98. The van der Waals surface area contributed by atoms with Crippen LogP contribution in [0, 0.1) is 17.2 Å². The molecule has 4 atom stereocenters. The van der Waals surface area contributed by atoms with Gasteiger partial charge in [0, 0.05) is 35.6 Å². The second kappa shape index (κ2) is 7.57. The molecular formula is C22H27BrN4O2. The Hall–Kier alpha value is -1.62. The van der Waals surface area contributed by atoms with Gasteiger partial charge in [-0.2, -0.15) is 5.26 Å². The smallest absolute Gasteiger partial charge is 0.204 e. The lowest BCUT2D eigenvalue weighted by Crippen LogP contribution is -2.55. The van der Waals surface area contributed by atoms with E-state index < -0.39 is 0 Å². The summed E-state index contributed by atoms with van der Waals surface area (Å²) in [4.78, 5) is 7.28. The van der Waals surface area contributed by atoms with E-state index in [1.165, 1.54) is 25.7 Å². The Kier molecular flexibility index (Phi) is 5.05. The van der Waals surface area contributed by atoms with Crippen LogP contribution in [0.1, 0.15) is 57.6 Å². The molecule has 3 fully saturated rings. The molecule has 1 saturated carbocycles. The van der Waals surface area contributed by atoms with Gasteiger partial charge in [-0.25, -0.2) is 4.98 Å². The zero-order chi connectivity index (χ0) is 20.1. The molecule has 2 aliphatic heterocycles. The summed E-state index contributed by atoms with van der Waals surface area (Å²) in [7, 11) is 0. The van der Waals surface area contributed by atoms with Gasteiger partial charge in [-0.1, -0.05) is 6.92 Å². The van der Waals surface area contributed by atoms with Gasteiger partial charge in [-0.05, 0) is 66.8 Å². The normalized spacial score (nSPS) is 35.0. The number of anilines is 1. The van der Waals surface area contributed by atoms with Crippen LogP contribution in [0.4, 0.5) is 5.82 Å². The molecule has 2 aromatic rings. The van der Waals surface area contributed by atoms with Crippen LogP contribution < -0.4 is 5.32 Å². The first kappa shape index (κ1) is 19.3. The fourth-order valence-corrected chi connectivity index (χ4v) is 6.40. The largest absolute Gasteiger partial charge is 0.444 e. The van der Waals surface area contributed by atoms with Gasteiger partial charge in [0.1, 0.15) is 11.9 Å². The minimum absolute atomic E-state index is 0.121. The molecule has 3 aliphatic rings. The molecule has 29 heavy (non-hydrogen) atoms. The molecular weight excluding hydrogens is 432 g/mol. The monoisotopic (exact) mass is 458 g/mol. The van der Waals surface area contributed by atoms with Crippen molar-refractivity contribution in [3.8, 4) is 6.07 Å². The van der Waals surface area contributed by atoms with E-state index in [4.69, 9.17) is 9.68 Å². The van der Waals surface area contributed by atoms with Crippen LogP contribution in [0.2, 0.25) is 0 Å². The van der Waals surface area contributed by atoms with E-state index in [-0.39, 0.29) is 6.10 Å². The number of nitrogens with one attached hydrogen (secondary N) is 1. The van der Waals surface area contributed by atoms with Crippen molar-refractivity contribution in [1.29, 1.82) is 5.26 Å². The standard InChI is InChI=1S/C22H27BrN4O2/c1-12-18-7-6-15(8-19(12)28)27(18)14-4-2-13(3-5-14)26-22-21(23)17-9-16(10-24)29-20(17)11-25-22/h9,11-15,18-19,28H,2-8H2,1H3,(H,25,26)/t12?,13?,14?,15-,18+,19?/m0/s1. The molecule has 2 unspecified atom stereocenters. The van der Waals surface area contributed by atoms with Crippen molar-refractivity contribution >= 4 is 32.7 Å². The molecule has 2 bridgehead atoms. The summed E-state index contributed by atoms with van der Waals surface area (Å²) in [5.74, 6) is 1.52. The number of fused-ring (bicyclic) bond motifs is 3. The van der Waals surface area contributed by atoms with Crippen molar-refractivity contribution in [2.24, 2.45) is 5.92 Å². The van der Waals surface area contributed by atoms with Gasteiger partial charge < -0.3 is 14.8 Å². The Balaban J connectivity index is 1.24. The van der Waals surface area contributed by atoms with E-state index in [1.807, 2.05) is 6.07 Å². The van der Waals surface area contributed by atoms with Gasteiger partial charge in [0.25, 0.3) is 0 Å². The molecule has 1 aliphatic carbocycles. The van der Waals surface area contributed by atoms with Crippen molar-refractivity contribution in [1.82, 2.24) is 9.88 Å². The molecule has 7 heteroatoms. The van der Waals surface area contributed by atoms with Crippen LogP contribution >= 0.6 is 15.9 Å². The molecule has 5 rings (SSSR count). The van der Waals surface area contributed by atoms with Crippen LogP contribution in [0.15, 0.2) is 21.2 Å². The number of hydrogen-bond acceptors (Lipinski definition) is 6. The van der Waals surface area contributed by atoms with Gasteiger partial charge in [-0.15, -0.1) is 0 Å². The summed E-state index contributed by atoms with van der Waals surface area (Å²) in [6.45, 7) is 2.23. The number of rotatable bonds is 3. The lowest BCUT2D eigenvalue weighted by molar-refractivity contribution is -0.0386. The van der Waals surface area contributed by atoms with E-state index in [9.17, 15) is 5.11 Å². The van der Waals surface area contributed by atoms with Crippen molar-refractivity contribution < 1.29 is 9.52 Å². The first-order chi connectivity index (χ1) is 14.0. The third kappa shape index (κ3) is 3.35. The van der Waals surface area contributed by atoms with Crippen LogP contribution in [0.5, 0.6) is 0 Å². The number of aliphatic hydroxyl groups excluding tert-OH is 1. The summed E-state index contributed by atoms with van der Waals surface area (Å²) >= 11 is 3.64. The molecule has 2 aromatic heterocycles. The summed E-state index contributed by atoms with van der Waals surface area (Å²) in [6.07, 6.45) is 9.63. The maximum Gasteiger partial charge on any atom is 0.204 e. The Morgan fingerprint density at radius 1 is 1.24 bits per heavy atom. The third-order valence-corrected chi connectivity index (χ3v) is 8.22. The number of furan rings is 1. The highest BCUT2D eigenvalue weighted by Gasteiger charge is 2.47. The fourth-order valence-electron chi connectivity index (χ4n) is 5.87. The van der Waals surface area contributed by atoms with Crippen molar-refractivity contribution in [3.05, 3.63) is 22.5 Å². The predicted molar refractivity (Wildman–Crippen MR) is 115 cm³/mol. The zero-order valence-corrected chi connectivity index (χ0v) is 18.2. The molecule has 0 aromatic carbocycles. The van der Waals surface area contributed by atoms with Crippen LogP contribution in [0.3, 0.4) is 0 Å².